The minimum atomic E-state index is 0.702. The highest BCUT2D eigenvalue weighted by atomic mass is 16.5. The highest BCUT2D eigenvalue weighted by Gasteiger charge is 1.95. The Bertz CT molecular complexity index is 254. The summed E-state index contributed by atoms with van der Waals surface area (Å²) in [5, 5.41) is 0. The molecule has 0 N–H and O–H groups in total. The summed E-state index contributed by atoms with van der Waals surface area (Å²) in [6.07, 6.45) is 1.11. The summed E-state index contributed by atoms with van der Waals surface area (Å²) in [6, 6.07) is 8.62. The molecule has 0 radical (unpaired) electrons. The summed E-state index contributed by atoms with van der Waals surface area (Å²) in [5.41, 5.74) is 2.62. The number of methoxy groups -OCH3 is 1. The SMILES string of the molecule is COCc1ccc(CCN(C)C)cc1. The van der Waals surface area contributed by atoms with Gasteiger partial charge in [0.2, 0.25) is 0 Å². The molecule has 1 rings (SSSR count). The Hall–Kier alpha value is -0.860. The predicted molar refractivity (Wildman–Crippen MR) is 59.4 cm³/mol. The van der Waals surface area contributed by atoms with Crippen LogP contribution in [-0.4, -0.2) is 32.6 Å². The minimum absolute atomic E-state index is 0.702. The molecule has 0 aliphatic carbocycles. The largest absolute Gasteiger partial charge is 0.380 e. The molecule has 2 heteroatoms. The van der Waals surface area contributed by atoms with E-state index in [0.717, 1.165) is 13.0 Å². The van der Waals surface area contributed by atoms with Crippen molar-refractivity contribution < 1.29 is 4.74 Å². The molecule has 0 spiro atoms. The number of benzene rings is 1. The highest BCUT2D eigenvalue weighted by Crippen LogP contribution is 2.06. The minimum Gasteiger partial charge on any atom is -0.380 e. The number of hydrogen-bond acceptors (Lipinski definition) is 2. The third kappa shape index (κ3) is 3.90. The number of hydrogen-bond donors (Lipinski definition) is 0. The Morgan fingerprint density at radius 1 is 1.07 bits per heavy atom. The molecule has 0 saturated carbocycles. The van der Waals surface area contributed by atoms with Crippen LogP contribution >= 0.6 is 0 Å². The van der Waals surface area contributed by atoms with Crippen LogP contribution in [0, 0.1) is 0 Å². The molecule has 2 nitrogen and oxygen atoms in total. The predicted octanol–water partition coefficient (Wildman–Crippen LogP) is 1.94. The van der Waals surface area contributed by atoms with Crippen LogP contribution in [0.1, 0.15) is 11.1 Å². The van der Waals surface area contributed by atoms with Gasteiger partial charge in [-0.25, -0.2) is 0 Å². The molecule has 0 unspecified atom stereocenters. The first-order valence-electron chi connectivity index (χ1n) is 4.94. The van der Waals surface area contributed by atoms with Crippen LogP contribution in [-0.2, 0) is 17.8 Å². The fourth-order valence-corrected chi connectivity index (χ4v) is 1.32. The van der Waals surface area contributed by atoms with E-state index in [2.05, 4.69) is 43.3 Å². The smallest absolute Gasteiger partial charge is 0.0713 e. The van der Waals surface area contributed by atoms with Crippen molar-refractivity contribution in [1.29, 1.82) is 0 Å². The van der Waals surface area contributed by atoms with Gasteiger partial charge in [0.25, 0.3) is 0 Å². The number of likely N-dealkylation sites (N-methyl/N-ethyl adjacent to an activating group) is 1. The maximum atomic E-state index is 5.06. The van der Waals surface area contributed by atoms with Crippen LogP contribution in [0.4, 0.5) is 0 Å². The van der Waals surface area contributed by atoms with Gasteiger partial charge in [-0.2, -0.15) is 0 Å². The van der Waals surface area contributed by atoms with Crippen LogP contribution in [0.2, 0.25) is 0 Å². The quantitative estimate of drug-likeness (QED) is 0.708. The number of nitrogens with zero attached hydrogens (tertiary/aromatic N) is 1. The molecule has 0 bridgehead atoms. The number of ether oxygens (including phenoxy) is 1. The first-order chi connectivity index (χ1) is 6.72. The Morgan fingerprint density at radius 3 is 2.14 bits per heavy atom. The van der Waals surface area contributed by atoms with Crippen molar-refractivity contribution in [2.45, 2.75) is 13.0 Å². The van der Waals surface area contributed by atoms with Crippen molar-refractivity contribution >= 4 is 0 Å². The van der Waals surface area contributed by atoms with Gasteiger partial charge in [0.1, 0.15) is 0 Å². The van der Waals surface area contributed by atoms with Gasteiger partial charge in [0.15, 0.2) is 0 Å². The van der Waals surface area contributed by atoms with Crippen molar-refractivity contribution in [3.05, 3.63) is 35.4 Å². The van der Waals surface area contributed by atoms with E-state index >= 15 is 0 Å². The van der Waals surface area contributed by atoms with Gasteiger partial charge < -0.3 is 9.64 Å². The zero-order valence-electron chi connectivity index (χ0n) is 9.29. The molecular formula is C12H19NO. The average molecular weight is 193 g/mol. The van der Waals surface area contributed by atoms with Gasteiger partial charge in [-0.15, -0.1) is 0 Å². The molecule has 0 aliphatic rings. The molecule has 0 heterocycles. The third-order valence-corrected chi connectivity index (χ3v) is 2.18. The summed E-state index contributed by atoms with van der Waals surface area (Å²) in [5.74, 6) is 0. The molecule has 0 saturated heterocycles. The molecule has 0 atom stereocenters. The lowest BCUT2D eigenvalue weighted by Gasteiger charge is -2.09. The number of rotatable bonds is 5. The molecule has 78 valence electrons. The summed E-state index contributed by atoms with van der Waals surface area (Å²) >= 11 is 0. The zero-order chi connectivity index (χ0) is 10.4. The molecule has 0 amide bonds. The second kappa shape index (κ2) is 5.78. The lowest BCUT2D eigenvalue weighted by atomic mass is 10.1. The monoisotopic (exact) mass is 193 g/mol. The van der Waals surface area contributed by atoms with Crippen LogP contribution in [0.3, 0.4) is 0 Å². The van der Waals surface area contributed by atoms with Crippen molar-refractivity contribution in [2.24, 2.45) is 0 Å². The second-order valence-electron chi connectivity index (χ2n) is 3.80. The molecule has 1 aromatic carbocycles. The van der Waals surface area contributed by atoms with E-state index in [1.807, 2.05) is 0 Å². The summed E-state index contributed by atoms with van der Waals surface area (Å²) < 4.78 is 5.06. The van der Waals surface area contributed by atoms with Crippen molar-refractivity contribution in [1.82, 2.24) is 4.90 Å². The highest BCUT2D eigenvalue weighted by molar-refractivity contribution is 5.22. The Kier molecular flexibility index (Phi) is 4.63. The van der Waals surface area contributed by atoms with Gasteiger partial charge in [-0.1, -0.05) is 24.3 Å². The molecule has 1 aromatic rings. The van der Waals surface area contributed by atoms with Crippen molar-refractivity contribution in [3.8, 4) is 0 Å². The lowest BCUT2D eigenvalue weighted by molar-refractivity contribution is 0.185. The van der Waals surface area contributed by atoms with Gasteiger partial charge >= 0.3 is 0 Å². The molecular weight excluding hydrogens is 174 g/mol. The zero-order valence-corrected chi connectivity index (χ0v) is 9.29. The van der Waals surface area contributed by atoms with E-state index in [9.17, 15) is 0 Å². The summed E-state index contributed by atoms with van der Waals surface area (Å²) in [7, 11) is 5.92. The van der Waals surface area contributed by atoms with E-state index in [1.165, 1.54) is 11.1 Å². The van der Waals surface area contributed by atoms with E-state index in [1.54, 1.807) is 7.11 Å². The van der Waals surface area contributed by atoms with Crippen LogP contribution in [0.25, 0.3) is 0 Å². The van der Waals surface area contributed by atoms with E-state index in [-0.39, 0.29) is 0 Å². The average Bonchev–Trinajstić information content (AvgIpc) is 2.17. The molecule has 14 heavy (non-hydrogen) atoms. The molecule has 0 aromatic heterocycles. The van der Waals surface area contributed by atoms with Gasteiger partial charge in [-0.3, -0.25) is 0 Å². The standard InChI is InChI=1S/C12H19NO/c1-13(2)9-8-11-4-6-12(7-5-11)10-14-3/h4-7H,8-10H2,1-3H3. The van der Waals surface area contributed by atoms with Crippen molar-refractivity contribution in [3.63, 3.8) is 0 Å². The van der Waals surface area contributed by atoms with E-state index < -0.39 is 0 Å². The van der Waals surface area contributed by atoms with Crippen LogP contribution in [0.15, 0.2) is 24.3 Å². The van der Waals surface area contributed by atoms with Crippen LogP contribution < -0.4 is 0 Å². The Morgan fingerprint density at radius 2 is 1.64 bits per heavy atom. The topological polar surface area (TPSA) is 12.5 Å². The van der Waals surface area contributed by atoms with Gasteiger partial charge in [0, 0.05) is 13.7 Å². The first kappa shape index (κ1) is 11.2. The third-order valence-electron chi connectivity index (χ3n) is 2.18. The lowest BCUT2D eigenvalue weighted by Crippen LogP contribution is -2.14. The van der Waals surface area contributed by atoms with E-state index in [4.69, 9.17) is 4.74 Å². The maximum Gasteiger partial charge on any atom is 0.0713 e. The molecule has 0 aliphatic heterocycles. The summed E-state index contributed by atoms with van der Waals surface area (Å²) in [6.45, 7) is 1.80. The molecule has 0 fully saturated rings. The van der Waals surface area contributed by atoms with Gasteiger partial charge in [0.05, 0.1) is 6.61 Å². The van der Waals surface area contributed by atoms with Crippen LogP contribution in [0.5, 0.6) is 0 Å². The normalized spacial score (nSPS) is 10.9. The fourth-order valence-electron chi connectivity index (χ4n) is 1.32. The van der Waals surface area contributed by atoms with Crippen molar-refractivity contribution in [2.75, 3.05) is 27.7 Å². The van der Waals surface area contributed by atoms with Gasteiger partial charge in [-0.05, 0) is 31.6 Å². The first-order valence-corrected chi connectivity index (χ1v) is 4.94. The van der Waals surface area contributed by atoms with E-state index in [0.29, 0.717) is 6.61 Å². The maximum absolute atomic E-state index is 5.06. The second-order valence-corrected chi connectivity index (χ2v) is 3.80. The Labute approximate surface area is 86.5 Å². The summed E-state index contributed by atoms with van der Waals surface area (Å²) in [4.78, 5) is 2.20. The Balaban J connectivity index is 2.46. The fraction of sp³-hybridized carbons (Fsp3) is 0.500.